The lowest BCUT2D eigenvalue weighted by Crippen LogP contribution is -2.41. The average Bonchev–Trinajstić information content (AvgIpc) is 3.63. The third-order valence-electron chi connectivity index (χ3n) is 7.63. The predicted molar refractivity (Wildman–Crippen MR) is 152 cm³/mol. The van der Waals surface area contributed by atoms with Crippen LogP contribution >= 0.6 is 0 Å². The van der Waals surface area contributed by atoms with Crippen LogP contribution in [0.25, 0.3) is 28.2 Å². The molecule has 5 nitrogen and oxygen atoms in total. The first-order valence-corrected chi connectivity index (χ1v) is 13.9. The van der Waals surface area contributed by atoms with Crippen molar-refractivity contribution in [3.05, 3.63) is 58.9 Å². The van der Waals surface area contributed by atoms with Gasteiger partial charge in [-0.15, -0.1) is 0 Å². The normalized spacial score (nSPS) is 17.3. The minimum atomic E-state index is -0.459. The molecule has 1 saturated carbocycles. The van der Waals surface area contributed by atoms with Crippen LogP contribution in [-0.4, -0.2) is 39.7 Å². The van der Waals surface area contributed by atoms with Gasteiger partial charge in [0.2, 0.25) is 0 Å². The molecule has 3 aromatic rings. The maximum absolute atomic E-state index is 12.5. The lowest BCUT2D eigenvalue weighted by atomic mass is 9.87. The number of rotatable bonds is 5. The van der Waals surface area contributed by atoms with Crippen LogP contribution in [-0.2, 0) is 4.74 Å². The standard InChI is InChI=1S/C32H41N3O2/c1-7-8-24-19-33-28(22-9-10-22)18-25(24)30-29(20(2)3)26-17-23(11-12-27(26)34-30)21-13-15-35(16-14-21)31(36)37-32(4,5)6/h7-8,11-12,17-22,34H,9-10,13-16H2,1-6H3/b8-7+. The zero-order valence-corrected chi connectivity index (χ0v) is 23.2. The topological polar surface area (TPSA) is 58.2 Å². The molecule has 196 valence electrons. The number of ether oxygens (including phenoxy) is 1. The van der Waals surface area contributed by atoms with Gasteiger partial charge in [-0.2, -0.15) is 0 Å². The summed E-state index contributed by atoms with van der Waals surface area (Å²) in [5.41, 5.74) is 8.32. The van der Waals surface area contributed by atoms with E-state index >= 15 is 0 Å². The number of H-pyrrole nitrogens is 1. The molecule has 0 unspecified atom stereocenters. The molecule has 0 atom stereocenters. The summed E-state index contributed by atoms with van der Waals surface area (Å²) in [6.45, 7) is 13.9. The molecule has 0 spiro atoms. The summed E-state index contributed by atoms with van der Waals surface area (Å²) in [7, 11) is 0. The number of aromatic amines is 1. The molecule has 2 aromatic heterocycles. The molecule has 2 fully saturated rings. The molecule has 5 rings (SSSR count). The molecular formula is C32H41N3O2. The van der Waals surface area contributed by atoms with E-state index in [2.05, 4.69) is 62.2 Å². The second-order valence-electron chi connectivity index (χ2n) is 12.1. The van der Waals surface area contributed by atoms with Crippen molar-refractivity contribution >= 4 is 23.1 Å². The number of benzene rings is 1. The van der Waals surface area contributed by atoms with Gasteiger partial charge in [0, 0.05) is 52.9 Å². The Kier molecular flexibility index (Phi) is 6.91. The molecule has 1 aliphatic carbocycles. The Morgan fingerprint density at radius 1 is 1.11 bits per heavy atom. The number of aromatic nitrogens is 2. The monoisotopic (exact) mass is 499 g/mol. The van der Waals surface area contributed by atoms with E-state index in [0.29, 0.717) is 17.8 Å². The number of amides is 1. The number of hydrogen-bond acceptors (Lipinski definition) is 3. The molecule has 1 amide bonds. The fourth-order valence-corrected chi connectivity index (χ4v) is 5.63. The summed E-state index contributed by atoms with van der Waals surface area (Å²) in [6.07, 6.45) is 10.5. The van der Waals surface area contributed by atoms with Gasteiger partial charge < -0.3 is 14.6 Å². The third-order valence-corrected chi connectivity index (χ3v) is 7.63. The minimum Gasteiger partial charge on any atom is -0.444 e. The van der Waals surface area contributed by atoms with Gasteiger partial charge in [-0.3, -0.25) is 4.98 Å². The van der Waals surface area contributed by atoms with E-state index in [1.807, 2.05) is 31.9 Å². The zero-order chi connectivity index (χ0) is 26.3. The Bertz CT molecular complexity index is 1320. The smallest absolute Gasteiger partial charge is 0.410 e. The first-order valence-electron chi connectivity index (χ1n) is 13.9. The first kappa shape index (κ1) is 25.6. The summed E-state index contributed by atoms with van der Waals surface area (Å²) in [5, 5.41) is 1.31. The Morgan fingerprint density at radius 3 is 2.46 bits per heavy atom. The van der Waals surface area contributed by atoms with Crippen molar-refractivity contribution in [2.75, 3.05) is 13.1 Å². The van der Waals surface area contributed by atoms with Gasteiger partial charge in [-0.1, -0.05) is 32.1 Å². The van der Waals surface area contributed by atoms with E-state index < -0.39 is 5.60 Å². The molecule has 3 heterocycles. The molecule has 1 saturated heterocycles. The molecular weight excluding hydrogens is 458 g/mol. The quantitative estimate of drug-likeness (QED) is 0.383. The van der Waals surface area contributed by atoms with Crippen LogP contribution in [0.2, 0.25) is 0 Å². The molecule has 37 heavy (non-hydrogen) atoms. The summed E-state index contributed by atoms with van der Waals surface area (Å²) in [5.74, 6) is 1.44. The Hall–Kier alpha value is -3.08. The highest BCUT2D eigenvalue weighted by Gasteiger charge is 2.29. The second kappa shape index (κ2) is 10.00. The van der Waals surface area contributed by atoms with Crippen LogP contribution in [0.15, 0.2) is 36.5 Å². The minimum absolute atomic E-state index is 0.196. The van der Waals surface area contributed by atoms with E-state index in [0.717, 1.165) is 31.5 Å². The number of nitrogens with one attached hydrogen (secondary N) is 1. The molecule has 1 N–H and O–H groups in total. The first-order chi connectivity index (χ1) is 17.6. The van der Waals surface area contributed by atoms with Crippen LogP contribution in [0, 0.1) is 0 Å². The Morgan fingerprint density at radius 2 is 1.84 bits per heavy atom. The lowest BCUT2D eigenvalue weighted by Gasteiger charge is -2.33. The fourth-order valence-electron chi connectivity index (χ4n) is 5.63. The largest absolute Gasteiger partial charge is 0.444 e. The molecule has 2 aliphatic rings. The number of hydrogen-bond donors (Lipinski definition) is 1. The number of carbonyl (C=O) groups is 1. The van der Waals surface area contributed by atoms with Crippen LogP contribution in [0.1, 0.15) is 107 Å². The van der Waals surface area contributed by atoms with Gasteiger partial charge in [0.25, 0.3) is 0 Å². The van der Waals surface area contributed by atoms with E-state index in [1.165, 1.54) is 51.8 Å². The number of likely N-dealkylation sites (tertiary alicyclic amines) is 1. The average molecular weight is 500 g/mol. The molecule has 1 aromatic carbocycles. The summed E-state index contributed by atoms with van der Waals surface area (Å²) in [6, 6.07) is 9.24. The maximum atomic E-state index is 12.5. The molecule has 0 bridgehead atoms. The van der Waals surface area contributed by atoms with Crippen molar-refractivity contribution in [1.82, 2.24) is 14.9 Å². The Balaban J connectivity index is 1.46. The highest BCUT2D eigenvalue weighted by molar-refractivity contribution is 5.93. The van der Waals surface area contributed by atoms with Crippen molar-refractivity contribution in [1.29, 1.82) is 0 Å². The van der Waals surface area contributed by atoms with Crippen molar-refractivity contribution in [2.24, 2.45) is 0 Å². The van der Waals surface area contributed by atoms with Crippen molar-refractivity contribution in [2.45, 2.75) is 90.6 Å². The second-order valence-corrected chi connectivity index (χ2v) is 12.1. The van der Waals surface area contributed by atoms with Gasteiger partial charge in [0.15, 0.2) is 0 Å². The van der Waals surface area contributed by atoms with Crippen molar-refractivity contribution in [3.8, 4) is 11.3 Å². The van der Waals surface area contributed by atoms with Crippen LogP contribution in [0.5, 0.6) is 0 Å². The third kappa shape index (κ3) is 5.46. The van der Waals surface area contributed by atoms with E-state index in [-0.39, 0.29) is 6.09 Å². The van der Waals surface area contributed by atoms with Gasteiger partial charge in [-0.05, 0) is 94.5 Å². The fraction of sp³-hybridized carbons (Fsp3) is 0.500. The Labute approximate surface area is 221 Å². The van der Waals surface area contributed by atoms with Crippen LogP contribution < -0.4 is 0 Å². The van der Waals surface area contributed by atoms with Crippen molar-refractivity contribution in [3.63, 3.8) is 0 Å². The molecule has 0 radical (unpaired) electrons. The highest BCUT2D eigenvalue weighted by atomic mass is 16.6. The number of pyridine rings is 1. The number of nitrogens with zero attached hydrogens (tertiary/aromatic N) is 2. The highest BCUT2D eigenvalue weighted by Crippen LogP contribution is 2.43. The number of carbonyl (C=O) groups excluding carboxylic acids is 1. The van der Waals surface area contributed by atoms with Gasteiger partial charge in [0.05, 0.1) is 5.69 Å². The molecule has 5 heteroatoms. The maximum Gasteiger partial charge on any atom is 0.410 e. The summed E-state index contributed by atoms with van der Waals surface area (Å²) >= 11 is 0. The van der Waals surface area contributed by atoms with E-state index in [1.54, 1.807) is 0 Å². The summed E-state index contributed by atoms with van der Waals surface area (Å²) < 4.78 is 5.59. The van der Waals surface area contributed by atoms with E-state index in [4.69, 9.17) is 9.72 Å². The summed E-state index contributed by atoms with van der Waals surface area (Å²) in [4.78, 5) is 23.0. The SMILES string of the molecule is C/C=C/c1cnc(C2CC2)cc1-c1[nH]c2ccc(C3CCN(C(=O)OC(C)(C)C)CC3)cc2c1C(C)C. The van der Waals surface area contributed by atoms with Crippen molar-refractivity contribution < 1.29 is 9.53 Å². The van der Waals surface area contributed by atoms with Gasteiger partial charge >= 0.3 is 6.09 Å². The zero-order valence-electron chi connectivity index (χ0n) is 23.2. The van der Waals surface area contributed by atoms with Crippen LogP contribution in [0.4, 0.5) is 4.79 Å². The molecule has 1 aliphatic heterocycles. The predicted octanol–water partition coefficient (Wildman–Crippen LogP) is 8.38. The number of allylic oxidation sites excluding steroid dienone is 1. The van der Waals surface area contributed by atoms with Gasteiger partial charge in [0.1, 0.15) is 5.60 Å². The van der Waals surface area contributed by atoms with E-state index in [9.17, 15) is 4.79 Å². The number of piperidine rings is 1. The van der Waals surface area contributed by atoms with Crippen LogP contribution in [0.3, 0.4) is 0 Å². The number of fused-ring (bicyclic) bond motifs is 1. The van der Waals surface area contributed by atoms with Gasteiger partial charge in [-0.25, -0.2) is 4.79 Å². The lowest BCUT2D eigenvalue weighted by molar-refractivity contribution is 0.0205.